The fraction of sp³-hybridized carbons (Fsp3) is 0.444. The molecule has 0 unspecified atom stereocenters. The zero-order chi connectivity index (χ0) is 11.0. The molecule has 76 valence electrons. The van der Waals surface area contributed by atoms with Crippen molar-refractivity contribution in [2.45, 2.75) is 25.6 Å². The molecule has 0 bridgehead atoms. The van der Waals surface area contributed by atoms with Gasteiger partial charge < -0.3 is 4.57 Å². The molecule has 0 aliphatic heterocycles. The molecule has 0 aromatic carbocycles. The normalized spacial score (nSPS) is 12.6. The first-order valence-corrected chi connectivity index (χ1v) is 3.94. The van der Waals surface area contributed by atoms with Crippen molar-refractivity contribution in [1.29, 1.82) is 5.26 Å². The van der Waals surface area contributed by atoms with Gasteiger partial charge in [-0.15, -0.1) is 0 Å². The molecule has 5 heteroatoms. The molecule has 2 nitrogen and oxygen atoms in total. The minimum Gasteiger partial charge on any atom is -0.338 e. The molecule has 0 fully saturated rings. The summed E-state index contributed by atoms with van der Waals surface area (Å²) in [5.41, 5.74) is -1.76. The molecule has 0 spiro atoms. The zero-order valence-corrected chi connectivity index (χ0v) is 7.76. The van der Waals surface area contributed by atoms with Crippen LogP contribution < -0.4 is 0 Å². The van der Waals surface area contributed by atoms with Gasteiger partial charge in [-0.1, -0.05) is 0 Å². The van der Waals surface area contributed by atoms with Gasteiger partial charge in [0.15, 0.2) is 0 Å². The molecular formula is C9H9F3N2. The van der Waals surface area contributed by atoms with Crippen LogP contribution in [-0.4, -0.2) is 10.7 Å². The summed E-state index contributed by atoms with van der Waals surface area (Å²) in [5, 5.41) is 8.47. The summed E-state index contributed by atoms with van der Waals surface area (Å²) in [7, 11) is 0. The SMILES string of the molecule is CC(C)(n1ccc(C#N)c1)C(F)(F)F. The highest BCUT2D eigenvalue weighted by atomic mass is 19.4. The van der Waals surface area contributed by atoms with Gasteiger partial charge >= 0.3 is 6.18 Å². The zero-order valence-electron chi connectivity index (χ0n) is 7.76. The van der Waals surface area contributed by atoms with Gasteiger partial charge in [0.05, 0.1) is 5.56 Å². The molecule has 0 aliphatic carbocycles. The number of nitriles is 1. The Morgan fingerprint density at radius 2 is 1.93 bits per heavy atom. The highest BCUT2D eigenvalue weighted by Crippen LogP contribution is 2.36. The van der Waals surface area contributed by atoms with Crippen LogP contribution in [0.15, 0.2) is 18.5 Å². The smallest absolute Gasteiger partial charge is 0.338 e. The monoisotopic (exact) mass is 202 g/mol. The van der Waals surface area contributed by atoms with Gasteiger partial charge in [0, 0.05) is 12.4 Å². The summed E-state index contributed by atoms with van der Waals surface area (Å²) >= 11 is 0. The van der Waals surface area contributed by atoms with Crippen LogP contribution in [-0.2, 0) is 5.54 Å². The number of aromatic nitrogens is 1. The summed E-state index contributed by atoms with van der Waals surface area (Å²) in [5.74, 6) is 0. The Balaban J connectivity index is 3.11. The van der Waals surface area contributed by atoms with Crippen LogP contribution >= 0.6 is 0 Å². The fourth-order valence-corrected chi connectivity index (χ4v) is 0.957. The van der Waals surface area contributed by atoms with Crippen LogP contribution in [0.25, 0.3) is 0 Å². The number of nitrogens with zero attached hydrogens (tertiary/aromatic N) is 2. The third-order valence-corrected chi connectivity index (χ3v) is 2.16. The van der Waals surface area contributed by atoms with Gasteiger partial charge in [0.25, 0.3) is 0 Å². The van der Waals surface area contributed by atoms with Gasteiger partial charge in [0.2, 0.25) is 0 Å². The molecule has 1 aromatic heterocycles. The van der Waals surface area contributed by atoms with Crippen molar-refractivity contribution in [3.63, 3.8) is 0 Å². The number of halogens is 3. The minimum atomic E-state index is -4.33. The molecule has 0 N–H and O–H groups in total. The van der Waals surface area contributed by atoms with Crippen molar-refractivity contribution >= 4 is 0 Å². The molecule has 1 heterocycles. The van der Waals surface area contributed by atoms with Crippen molar-refractivity contribution < 1.29 is 13.2 Å². The third kappa shape index (κ3) is 1.60. The van der Waals surface area contributed by atoms with E-state index in [1.54, 1.807) is 6.07 Å². The molecule has 0 saturated heterocycles. The quantitative estimate of drug-likeness (QED) is 0.688. The van der Waals surface area contributed by atoms with Crippen LogP contribution in [0.1, 0.15) is 19.4 Å². The van der Waals surface area contributed by atoms with E-state index in [2.05, 4.69) is 0 Å². The van der Waals surface area contributed by atoms with Crippen molar-refractivity contribution in [3.05, 3.63) is 24.0 Å². The summed E-state index contributed by atoms with van der Waals surface area (Å²) < 4.78 is 38.6. The van der Waals surface area contributed by atoms with Gasteiger partial charge in [-0.3, -0.25) is 0 Å². The average molecular weight is 202 g/mol. The van der Waals surface area contributed by atoms with E-state index in [0.29, 0.717) is 0 Å². The number of rotatable bonds is 1. The predicted molar refractivity (Wildman–Crippen MR) is 44.5 cm³/mol. The number of hydrogen-bond donors (Lipinski definition) is 0. The maximum atomic E-state index is 12.5. The van der Waals surface area contributed by atoms with Crippen LogP contribution in [0, 0.1) is 11.3 Å². The highest BCUT2D eigenvalue weighted by molar-refractivity contribution is 5.26. The molecule has 1 aromatic rings. The molecule has 14 heavy (non-hydrogen) atoms. The number of hydrogen-bond acceptors (Lipinski definition) is 1. The van der Waals surface area contributed by atoms with E-state index in [1.807, 2.05) is 0 Å². The summed E-state index contributed by atoms with van der Waals surface area (Å²) in [6.45, 7) is 2.13. The van der Waals surface area contributed by atoms with Crippen molar-refractivity contribution in [3.8, 4) is 6.07 Å². The van der Waals surface area contributed by atoms with E-state index >= 15 is 0 Å². The van der Waals surface area contributed by atoms with Gasteiger partial charge in [0.1, 0.15) is 11.6 Å². The summed E-state index contributed by atoms with van der Waals surface area (Å²) in [6, 6.07) is 3.14. The second-order valence-electron chi connectivity index (χ2n) is 3.48. The van der Waals surface area contributed by atoms with Gasteiger partial charge in [-0.05, 0) is 19.9 Å². The lowest BCUT2D eigenvalue weighted by Gasteiger charge is -2.29. The van der Waals surface area contributed by atoms with E-state index in [9.17, 15) is 13.2 Å². The molecule has 0 saturated carbocycles. The van der Waals surface area contributed by atoms with E-state index < -0.39 is 11.7 Å². The number of alkyl halides is 3. The lowest BCUT2D eigenvalue weighted by molar-refractivity contribution is -0.202. The maximum Gasteiger partial charge on any atom is 0.411 e. The van der Waals surface area contributed by atoms with E-state index in [4.69, 9.17) is 5.26 Å². The Kier molecular flexibility index (Phi) is 2.32. The first-order chi connectivity index (χ1) is 6.29. The van der Waals surface area contributed by atoms with Crippen LogP contribution in [0.2, 0.25) is 0 Å². The molecular weight excluding hydrogens is 193 g/mol. The lowest BCUT2D eigenvalue weighted by atomic mass is 10.1. The van der Waals surface area contributed by atoms with Crippen LogP contribution in [0.5, 0.6) is 0 Å². The van der Waals surface area contributed by atoms with Crippen molar-refractivity contribution in [1.82, 2.24) is 4.57 Å². The molecule has 0 radical (unpaired) electrons. The van der Waals surface area contributed by atoms with Crippen molar-refractivity contribution in [2.75, 3.05) is 0 Å². The highest BCUT2D eigenvalue weighted by Gasteiger charge is 2.48. The van der Waals surface area contributed by atoms with E-state index in [-0.39, 0.29) is 5.56 Å². The Morgan fingerprint density at radius 3 is 2.29 bits per heavy atom. The largest absolute Gasteiger partial charge is 0.411 e. The first kappa shape index (κ1) is 10.6. The predicted octanol–water partition coefficient (Wildman–Crippen LogP) is 2.66. The first-order valence-electron chi connectivity index (χ1n) is 3.94. The fourth-order valence-electron chi connectivity index (χ4n) is 0.957. The van der Waals surface area contributed by atoms with Crippen LogP contribution in [0.3, 0.4) is 0 Å². The summed E-state index contributed by atoms with van der Waals surface area (Å²) in [4.78, 5) is 0. The standard InChI is InChI=1S/C9H9F3N2/c1-8(2,9(10,11)12)14-4-3-7(5-13)6-14/h3-4,6H,1-2H3. The molecule has 1 rings (SSSR count). The second kappa shape index (κ2) is 3.05. The Bertz CT molecular complexity index is 368. The average Bonchev–Trinajstić information content (AvgIpc) is 2.49. The Morgan fingerprint density at radius 1 is 1.36 bits per heavy atom. The lowest BCUT2D eigenvalue weighted by Crippen LogP contribution is -2.41. The van der Waals surface area contributed by atoms with Crippen molar-refractivity contribution in [2.24, 2.45) is 0 Å². The van der Waals surface area contributed by atoms with E-state index in [0.717, 1.165) is 18.4 Å². The topological polar surface area (TPSA) is 28.7 Å². The van der Waals surface area contributed by atoms with Crippen LogP contribution in [0.4, 0.5) is 13.2 Å². The molecule has 0 aliphatic rings. The minimum absolute atomic E-state index is 0.224. The molecule has 0 amide bonds. The maximum absolute atomic E-state index is 12.5. The second-order valence-corrected chi connectivity index (χ2v) is 3.48. The van der Waals surface area contributed by atoms with E-state index in [1.165, 1.54) is 18.5 Å². The van der Waals surface area contributed by atoms with Gasteiger partial charge in [-0.25, -0.2) is 0 Å². The van der Waals surface area contributed by atoms with Gasteiger partial charge in [-0.2, -0.15) is 18.4 Å². The summed E-state index contributed by atoms with van der Waals surface area (Å²) in [6.07, 6.45) is -1.89. The Hall–Kier alpha value is -1.44. The Labute approximate surface area is 79.6 Å². The molecule has 0 atom stereocenters. The third-order valence-electron chi connectivity index (χ3n) is 2.16.